The SMILES string of the molecule is CPN(PC)S(=O)(=O)c1ccn(C2CCN(C)CC2)n1. The van der Waals surface area contributed by atoms with Crippen molar-refractivity contribution in [1.29, 1.82) is 0 Å². The summed E-state index contributed by atoms with van der Waals surface area (Å²) in [6.45, 7) is 5.82. The average Bonchev–Trinajstić information content (AvgIpc) is 2.91. The van der Waals surface area contributed by atoms with Crippen LogP contribution in [0.2, 0.25) is 0 Å². The van der Waals surface area contributed by atoms with Gasteiger partial charge in [0.25, 0.3) is 10.0 Å². The van der Waals surface area contributed by atoms with Crippen LogP contribution >= 0.6 is 17.5 Å². The number of sulfonamides is 1. The van der Waals surface area contributed by atoms with E-state index in [1.54, 1.807) is 12.3 Å². The van der Waals surface area contributed by atoms with Gasteiger partial charge in [-0.1, -0.05) is 0 Å². The second-order valence-corrected chi connectivity index (χ2v) is 9.50. The monoisotopic (exact) mass is 336 g/mol. The van der Waals surface area contributed by atoms with Crippen molar-refractivity contribution in [2.45, 2.75) is 23.9 Å². The largest absolute Gasteiger partial charge is 0.306 e. The van der Waals surface area contributed by atoms with Crippen molar-refractivity contribution in [2.24, 2.45) is 0 Å². The maximum absolute atomic E-state index is 12.4. The van der Waals surface area contributed by atoms with E-state index in [1.807, 2.05) is 18.0 Å². The Morgan fingerprint density at radius 2 is 1.90 bits per heavy atom. The normalized spacial score (nSPS) is 20.0. The molecule has 0 aromatic carbocycles. The minimum absolute atomic E-state index is 0.181. The Labute approximate surface area is 124 Å². The first-order valence-electron chi connectivity index (χ1n) is 6.63. The first-order valence-corrected chi connectivity index (χ1v) is 11.0. The van der Waals surface area contributed by atoms with Crippen molar-refractivity contribution < 1.29 is 8.42 Å². The molecule has 1 aromatic heterocycles. The van der Waals surface area contributed by atoms with E-state index < -0.39 is 10.0 Å². The Kier molecular flexibility index (Phi) is 5.55. The Hall–Kier alpha value is -0.0600. The maximum Gasteiger partial charge on any atom is 0.268 e. The number of aromatic nitrogens is 2. The predicted octanol–water partition coefficient (Wildman–Crippen LogP) is 1.59. The van der Waals surface area contributed by atoms with Gasteiger partial charge in [-0.05, 0) is 69.8 Å². The highest BCUT2D eigenvalue weighted by molar-refractivity contribution is 7.97. The zero-order valence-corrected chi connectivity index (χ0v) is 14.9. The Balaban J connectivity index is 2.16. The van der Waals surface area contributed by atoms with Gasteiger partial charge >= 0.3 is 0 Å². The molecule has 1 fully saturated rings. The molecule has 9 heteroatoms. The molecule has 2 rings (SSSR count). The van der Waals surface area contributed by atoms with Crippen LogP contribution < -0.4 is 0 Å². The van der Waals surface area contributed by atoms with E-state index in [9.17, 15) is 8.42 Å². The molecule has 1 aliphatic rings. The van der Waals surface area contributed by atoms with Gasteiger partial charge in [0.2, 0.25) is 0 Å². The lowest BCUT2D eigenvalue weighted by molar-refractivity contribution is 0.211. The molecule has 0 radical (unpaired) electrons. The number of likely N-dealkylation sites (tertiary alicyclic amines) is 1. The lowest BCUT2D eigenvalue weighted by Crippen LogP contribution is -2.31. The third-order valence-electron chi connectivity index (χ3n) is 3.56. The molecule has 0 N–H and O–H groups in total. The molecular weight excluding hydrogens is 314 g/mol. The molecule has 0 bridgehead atoms. The summed E-state index contributed by atoms with van der Waals surface area (Å²) in [7, 11) is -0.826. The van der Waals surface area contributed by atoms with Gasteiger partial charge in [-0.25, -0.2) is 8.42 Å². The van der Waals surface area contributed by atoms with Crippen molar-refractivity contribution in [1.82, 2.24) is 18.5 Å². The van der Waals surface area contributed by atoms with Gasteiger partial charge in [0, 0.05) is 6.20 Å². The Morgan fingerprint density at radius 3 is 2.45 bits per heavy atom. The molecule has 20 heavy (non-hydrogen) atoms. The molecule has 0 saturated carbocycles. The predicted molar refractivity (Wildman–Crippen MR) is 85.5 cm³/mol. The average molecular weight is 336 g/mol. The molecule has 1 aliphatic heterocycles. The molecule has 2 atom stereocenters. The van der Waals surface area contributed by atoms with Gasteiger partial charge in [-0.2, -0.15) is 8.94 Å². The molecule has 0 aliphatic carbocycles. The number of hydrogen-bond donors (Lipinski definition) is 0. The van der Waals surface area contributed by atoms with E-state index in [0.29, 0.717) is 6.04 Å². The summed E-state index contributed by atoms with van der Waals surface area (Å²) in [5.41, 5.74) is 0. The molecule has 1 aromatic rings. The third kappa shape index (κ3) is 3.40. The van der Waals surface area contributed by atoms with E-state index in [4.69, 9.17) is 0 Å². The van der Waals surface area contributed by atoms with Crippen LogP contribution in [0.3, 0.4) is 0 Å². The Bertz CT molecular complexity index is 536. The second-order valence-electron chi connectivity index (χ2n) is 4.89. The van der Waals surface area contributed by atoms with E-state index in [-0.39, 0.29) is 22.5 Å². The van der Waals surface area contributed by atoms with Crippen LogP contribution in [-0.4, -0.2) is 60.4 Å². The topological polar surface area (TPSA) is 58.4 Å². The molecule has 0 amide bonds. The van der Waals surface area contributed by atoms with E-state index in [2.05, 4.69) is 17.0 Å². The van der Waals surface area contributed by atoms with Gasteiger partial charge in [0.05, 0.1) is 6.04 Å². The quantitative estimate of drug-likeness (QED) is 0.766. The number of hydrogen-bond acceptors (Lipinski definition) is 4. The zero-order chi connectivity index (χ0) is 14.8. The highest BCUT2D eigenvalue weighted by atomic mass is 32.2. The highest BCUT2D eigenvalue weighted by Gasteiger charge is 2.26. The summed E-state index contributed by atoms with van der Waals surface area (Å²) in [5, 5.41) is 4.51. The van der Waals surface area contributed by atoms with Gasteiger partial charge in [-0.15, -0.1) is 0 Å². The lowest BCUT2D eigenvalue weighted by atomic mass is 10.1. The van der Waals surface area contributed by atoms with Crippen LogP contribution in [0.5, 0.6) is 0 Å². The van der Waals surface area contributed by atoms with Crippen LogP contribution in [-0.2, 0) is 10.0 Å². The van der Waals surface area contributed by atoms with Crippen LogP contribution in [0.25, 0.3) is 0 Å². The molecular formula is C11H22N4O2P2S. The smallest absolute Gasteiger partial charge is 0.268 e. The van der Waals surface area contributed by atoms with Gasteiger partial charge < -0.3 is 4.90 Å². The lowest BCUT2D eigenvalue weighted by Gasteiger charge is -2.29. The molecule has 6 nitrogen and oxygen atoms in total. The van der Waals surface area contributed by atoms with Crippen LogP contribution in [0.15, 0.2) is 17.3 Å². The summed E-state index contributed by atoms with van der Waals surface area (Å²) >= 11 is 0. The van der Waals surface area contributed by atoms with Crippen LogP contribution in [0, 0.1) is 0 Å². The standard InChI is InChI=1S/C11H22N4O2P2S/c1-13-7-4-10(5-8-13)14-9-6-11(12-14)20(16,17)15(18-2)19-3/h6,9-10,18-19H,4-5,7-8H2,1-3H3. The van der Waals surface area contributed by atoms with E-state index >= 15 is 0 Å². The summed E-state index contributed by atoms with van der Waals surface area (Å²) in [4.78, 5) is 2.29. The van der Waals surface area contributed by atoms with Crippen molar-refractivity contribution in [3.05, 3.63) is 12.3 Å². The Morgan fingerprint density at radius 1 is 1.30 bits per heavy atom. The second kappa shape index (κ2) is 6.80. The van der Waals surface area contributed by atoms with E-state index in [0.717, 1.165) is 25.9 Å². The number of piperidine rings is 1. The van der Waals surface area contributed by atoms with Crippen molar-refractivity contribution in [3.63, 3.8) is 0 Å². The van der Waals surface area contributed by atoms with Crippen molar-refractivity contribution >= 4 is 27.5 Å². The fourth-order valence-corrected chi connectivity index (χ4v) is 6.36. The molecule has 114 valence electrons. The van der Waals surface area contributed by atoms with Crippen LogP contribution in [0.1, 0.15) is 18.9 Å². The van der Waals surface area contributed by atoms with Gasteiger partial charge in [-0.3, -0.25) is 4.68 Å². The summed E-state index contributed by atoms with van der Waals surface area (Å²) in [6.07, 6.45) is 3.84. The summed E-state index contributed by atoms with van der Waals surface area (Å²) in [5.74, 6) is 0. The maximum atomic E-state index is 12.4. The minimum Gasteiger partial charge on any atom is -0.306 e. The van der Waals surface area contributed by atoms with Gasteiger partial charge in [0.15, 0.2) is 5.03 Å². The molecule has 0 spiro atoms. The van der Waals surface area contributed by atoms with Crippen molar-refractivity contribution in [3.8, 4) is 0 Å². The minimum atomic E-state index is -3.41. The van der Waals surface area contributed by atoms with Crippen molar-refractivity contribution in [2.75, 3.05) is 33.5 Å². The zero-order valence-electron chi connectivity index (χ0n) is 12.1. The molecule has 2 unspecified atom stereocenters. The summed E-state index contributed by atoms with van der Waals surface area (Å²) < 4.78 is 28.1. The third-order valence-corrected chi connectivity index (χ3v) is 9.48. The van der Waals surface area contributed by atoms with E-state index in [1.165, 1.54) is 3.85 Å². The number of rotatable bonds is 5. The molecule has 1 saturated heterocycles. The first-order chi connectivity index (χ1) is 9.48. The fourth-order valence-electron chi connectivity index (χ4n) is 2.37. The first kappa shape index (κ1) is 16.3. The fraction of sp³-hybridized carbons (Fsp3) is 0.727. The summed E-state index contributed by atoms with van der Waals surface area (Å²) in [6, 6.07) is 1.94. The molecule has 2 heterocycles. The van der Waals surface area contributed by atoms with Gasteiger partial charge in [0.1, 0.15) is 0 Å². The highest BCUT2D eigenvalue weighted by Crippen LogP contribution is 2.34. The number of nitrogens with zero attached hydrogens (tertiary/aromatic N) is 4. The van der Waals surface area contributed by atoms with Crippen LogP contribution in [0.4, 0.5) is 0 Å².